The van der Waals surface area contributed by atoms with Crippen LogP contribution in [0.15, 0.2) is 41.3 Å². The molecular weight excluding hydrogens is 364 g/mol. The number of carbonyl (C=O) groups is 1. The molecule has 0 aliphatic carbocycles. The first-order chi connectivity index (χ1) is 11.9. The predicted molar refractivity (Wildman–Crippen MR) is 98.7 cm³/mol. The lowest BCUT2D eigenvalue weighted by atomic mass is 10.1. The van der Waals surface area contributed by atoms with Crippen molar-refractivity contribution in [1.82, 2.24) is 4.90 Å². The Labute approximate surface area is 154 Å². The first-order valence-electron chi connectivity index (χ1n) is 7.27. The Balaban J connectivity index is 2.34. The van der Waals surface area contributed by atoms with Gasteiger partial charge in [0.2, 0.25) is 0 Å². The smallest absolute Gasteiger partial charge is 0.282 e. The normalized spacial score (nSPS) is 10.4. The van der Waals surface area contributed by atoms with Gasteiger partial charge in [0.25, 0.3) is 11.6 Å². The molecule has 1 amide bonds. The van der Waals surface area contributed by atoms with Crippen molar-refractivity contribution in [2.75, 3.05) is 20.4 Å². The number of nitro benzene ring substituents is 1. The van der Waals surface area contributed by atoms with Crippen molar-refractivity contribution in [3.05, 3.63) is 62.7 Å². The largest absolute Gasteiger partial charge is 0.496 e. The fraction of sp³-hybridized carbons (Fsp3) is 0.235. The molecule has 0 fully saturated rings. The van der Waals surface area contributed by atoms with Gasteiger partial charge in [0, 0.05) is 35.1 Å². The maximum Gasteiger partial charge on any atom is 0.282 e. The van der Waals surface area contributed by atoms with Crippen molar-refractivity contribution in [1.29, 1.82) is 0 Å². The van der Waals surface area contributed by atoms with Crippen LogP contribution in [0.2, 0.25) is 5.02 Å². The number of nitro groups is 1. The second-order valence-electron chi connectivity index (χ2n) is 5.26. The second-order valence-corrected chi connectivity index (χ2v) is 6.57. The lowest BCUT2D eigenvalue weighted by molar-refractivity contribution is -0.385. The third kappa shape index (κ3) is 4.43. The van der Waals surface area contributed by atoms with E-state index < -0.39 is 10.8 Å². The van der Waals surface area contributed by atoms with Gasteiger partial charge in [-0.1, -0.05) is 11.6 Å². The number of ether oxygens (including phenoxy) is 1. The lowest BCUT2D eigenvalue weighted by Crippen LogP contribution is -2.27. The van der Waals surface area contributed by atoms with Crippen molar-refractivity contribution in [2.24, 2.45) is 0 Å². The summed E-state index contributed by atoms with van der Waals surface area (Å²) < 4.78 is 5.28. The fourth-order valence-corrected chi connectivity index (χ4v) is 3.01. The van der Waals surface area contributed by atoms with Gasteiger partial charge in [0.05, 0.1) is 12.0 Å². The van der Waals surface area contributed by atoms with Crippen LogP contribution in [0, 0.1) is 10.1 Å². The summed E-state index contributed by atoms with van der Waals surface area (Å²) in [6.45, 7) is 0.212. The number of hydrogen-bond acceptors (Lipinski definition) is 5. The first-order valence-corrected chi connectivity index (χ1v) is 8.88. The molecule has 0 N–H and O–H groups in total. The van der Waals surface area contributed by atoms with E-state index in [9.17, 15) is 14.9 Å². The zero-order chi connectivity index (χ0) is 18.6. The number of benzene rings is 2. The number of carbonyl (C=O) groups excluding carboxylic acids is 1. The predicted octanol–water partition coefficient (Wildman–Crippen LogP) is 4.25. The van der Waals surface area contributed by atoms with Gasteiger partial charge >= 0.3 is 0 Å². The molecule has 0 radical (unpaired) electrons. The van der Waals surface area contributed by atoms with Crippen LogP contribution in [-0.2, 0) is 6.54 Å². The van der Waals surface area contributed by atoms with Gasteiger partial charge in [0.1, 0.15) is 11.3 Å². The highest BCUT2D eigenvalue weighted by molar-refractivity contribution is 7.98. The van der Waals surface area contributed by atoms with Crippen LogP contribution < -0.4 is 4.74 Å². The van der Waals surface area contributed by atoms with Gasteiger partial charge in [-0.3, -0.25) is 14.9 Å². The fourth-order valence-electron chi connectivity index (χ4n) is 2.38. The average Bonchev–Trinajstić information content (AvgIpc) is 2.60. The molecule has 0 spiro atoms. The Morgan fingerprint density at radius 3 is 2.64 bits per heavy atom. The first kappa shape index (κ1) is 19.1. The summed E-state index contributed by atoms with van der Waals surface area (Å²) in [5, 5.41) is 11.8. The standard InChI is InChI=1S/C17H17ClN2O4S/c1-19(10-11-8-12(18)4-7-16(11)24-2)17(21)14-9-13(25-3)5-6-15(14)20(22)23/h4-9H,10H2,1-3H3. The topological polar surface area (TPSA) is 72.7 Å². The minimum Gasteiger partial charge on any atom is -0.496 e. The number of halogens is 1. The van der Waals surface area contributed by atoms with Gasteiger partial charge in [-0.15, -0.1) is 11.8 Å². The SMILES string of the molecule is COc1ccc(Cl)cc1CN(C)C(=O)c1cc(SC)ccc1[N+](=O)[O-]. The molecule has 0 aromatic heterocycles. The van der Waals surface area contributed by atoms with E-state index in [2.05, 4.69) is 0 Å². The molecule has 0 saturated carbocycles. The van der Waals surface area contributed by atoms with Crippen LogP contribution >= 0.6 is 23.4 Å². The Bertz CT molecular complexity index is 813. The highest BCUT2D eigenvalue weighted by Gasteiger charge is 2.24. The molecule has 0 saturated heterocycles. The molecule has 0 aliphatic rings. The van der Waals surface area contributed by atoms with Crippen molar-refractivity contribution in [2.45, 2.75) is 11.4 Å². The average molecular weight is 381 g/mol. The number of thioether (sulfide) groups is 1. The van der Waals surface area contributed by atoms with E-state index in [1.807, 2.05) is 6.26 Å². The maximum absolute atomic E-state index is 12.8. The molecule has 2 rings (SSSR count). The quantitative estimate of drug-likeness (QED) is 0.425. The van der Waals surface area contributed by atoms with Crippen LogP contribution in [0.25, 0.3) is 0 Å². The number of methoxy groups -OCH3 is 1. The molecule has 132 valence electrons. The lowest BCUT2D eigenvalue weighted by Gasteiger charge is -2.19. The van der Waals surface area contributed by atoms with E-state index in [1.165, 1.54) is 35.9 Å². The molecular formula is C17H17ClN2O4S. The Hall–Kier alpha value is -2.25. The van der Waals surface area contributed by atoms with E-state index in [1.54, 1.807) is 31.3 Å². The second kappa shape index (κ2) is 8.22. The molecule has 25 heavy (non-hydrogen) atoms. The summed E-state index contributed by atoms with van der Waals surface area (Å²) in [6.07, 6.45) is 1.84. The summed E-state index contributed by atoms with van der Waals surface area (Å²) in [5.74, 6) is 0.154. The number of hydrogen-bond donors (Lipinski definition) is 0. The molecule has 0 heterocycles. The summed E-state index contributed by atoms with van der Waals surface area (Å²) in [7, 11) is 3.11. The summed E-state index contributed by atoms with van der Waals surface area (Å²) in [6, 6.07) is 9.63. The van der Waals surface area contributed by atoms with Crippen LogP contribution in [0.4, 0.5) is 5.69 Å². The van der Waals surface area contributed by atoms with Crippen LogP contribution in [0.5, 0.6) is 5.75 Å². The third-order valence-electron chi connectivity index (χ3n) is 3.63. The maximum atomic E-state index is 12.8. The van der Waals surface area contributed by atoms with Crippen LogP contribution in [-0.4, -0.2) is 36.1 Å². The van der Waals surface area contributed by atoms with Gasteiger partial charge in [-0.25, -0.2) is 0 Å². The number of rotatable bonds is 6. The Kier molecular flexibility index (Phi) is 6.27. The summed E-state index contributed by atoms with van der Waals surface area (Å²) in [4.78, 5) is 25.6. The molecule has 8 heteroatoms. The molecule has 0 atom stereocenters. The van der Waals surface area contributed by atoms with Crippen molar-refractivity contribution < 1.29 is 14.5 Å². The minimum atomic E-state index is -0.550. The molecule has 0 aliphatic heterocycles. The summed E-state index contributed by atoms with van der Waals surface area (Å²) in [5.41, 5.74) is 0.558. The van der Waals surface area contributed by atoms with E-state index in [-0.39, 0.29) is 17.8 Å². The zero-order valence-electron chi connectivity index (χ0n) is 14.0. The van der Waals surface area contributed by atoms with E-state index in [0.717, 1.165) is 10.5 Å². The minimum absolute atomic E-state index is 0.0559. The van der Waals surface area contributed by atoms with E-state index in [4.69, 9.17) is 16.3 Å². The van der Waals surface area contributed by atoms with E-state index >= 15 is 0 Å². The zero-order valence-corrected chi connectivity index (χ0v) is 15.6. The Morgan fingerprint density at radius 1 is 1.32 bits per heavy atom. The van der Waals surface area contributed by atoms with Gasteiger partial charge < -0.3 is 9.64 Å². The van der Waals surface area contributed by atoms with Crippen LogP contribution in [0.1, 0.15) is 15.9 Å². The van der Waals surface area contributed by atoms with Crippen molar-refractivity contribution >= 4 is 35.0 Å². The molecule has 0 bridgehead atoms. The van der Waals surface area contributed by atoms with Crippen molar-refractivity contribution in [3.63, 3.8) is 0 Å². The highest BCUT2D eigenvalue weighted by Crippen LogP contribution is 2.28. The third-order valence-corrected chi connectivity index (χ3v) is 4.59. The van der Waals surface area contributed by atoms with Crippen molar-refractivity contribution in [3.8, 4) is 5.75 Å². The van der Waals surface area contributed by atoms with Crippen LogP contribution in [0.3, 0.4) is 0 Å². The monoisotopic (exact) mass is 380 g/mol. The Morgan fingerprint density at radius 2 is 2.04 bits per heavy atom. The van der Waals surface area contributed by atoms with Gasteiger partial charge in [-0.05, 0) is 36.6 Å². The number of nitrogens with zero attached hydrogens (tertiary/aromatic N) is 2. The summed E-state index contributed by atoms with van der Waals surface area (Å²) >= 11 is 7.42. The van der Waals surface area contributed by atoms with E-state index in [0.29, 0.717) is 10.8 Å². The highest BCUT2D eigenvalue weighted by atomic mass is 35.5. The number of amides is 1. The van der Waals surface area contributed by atoms with Gasteiger partial charge in [0.15, 0.2) is 0 Å². The molecule has 6 nitrogen and oxygen atoms in total. The molecule has 2 aromatic carbocycles. The molecule has 2 aromatic rings. The van der Waals surface area contributed by atoms with Gasteiger partial charge in [-0.2, -0.15) is 0 Å². The molecule has 0 unspecified atom stereocenters.